The average Bonchev–Trinajstić information content (AvgIpc) is 2.75. The van der Waals surface area contributed by atoms with Crippen LogP contribution in [0.1, 0.15) is 16.8 Å². The van der Waals surface area contributed by atoms with Crippen molar-refractivity contribution in [3.8, 4) is 0 Å². The van der Waals surface area contributed by atoms with Crippen LogP contribution in [0.15, 0.2) is 30.3 Å². The van der Waals surface area contributed by atoms with Crippen molar-refractivity contribution in [2.45, 2.75) is 19.5 Å². The van der Waals surface area contributed by atoms with Gasteiger partial charge in [0.25, 0.3) is 0 Å². The summed E-state index contributed by atoms with van der Waals surface area (Å²) in [6, 6.07) is 10.6. The highest BCUT2D eigenvalue weighted by molar-refractivity contribution is 5.30. The smallest absolute Gasteiger partial charge is 0.145 e. The molecule has 0 atom stereocenters. The monoisotopic (exact) mass is 228 g/mol. The molecule has 17 heavy (non-hydrogen) atoms. The summed E-state index contributed by atoms with van der Waals surface area (Å²) >= 11 is 0. The minimum atomic E-state index is 0.567. The van der Waals surface area contributed by atoms with Gasteiger partial charge in [-0.25, -0.2) is 0 Å². The van der Waals surface area contributed by atoms with E-state index in [1.807, 2.05) is 6.07 Å². The molecule has 0 spiro atoms. The van der Waals surface area contributed by atoms with E-state index >= 15 is 0 Å². The number of nitrogen functional groups attached to an aromatic ring is 1. The molecular formula is C13H16N4. The molecule has 0 unspecified atom stereocenters. The van der Waals surface area contributed by atoms with Gasteiger partial charge >= 0.3 is 0 Å². The molecule has 1 aromatic heterocycles. The van der Waals surface area contributed by atoms with Crippen molar-refractivity contribution in [3.05, 3.63) is 47.2 Å². The number of hydrogen-bond acceptors (Lipinski definition) is 3. The zero-order valence-corrected chi connectivity index (χ0v) is 9.69. The SMILES string of the molecule is Nc1cc(CN2CCc3ccccc3C2)[nH]n1. The molecule has 1 aliphatic heterocycles. The summed E-state index contributed by atoms with van der Waals surface area (Å²) in [5.41, 5.74) is 9.60. The highest BCUT2D eigenvalue weighted by Crippen LogP contribution is 2.19. The third-order valence-electron chi connectivity index (χ3n) is 3.25. The second kappa shape index (κ2) is 4.22. The summed E-state index contributed by atoms with van der Waals surface area (Å²) in [5.74, 6) is 0.567. The Hall–Kier alpha value is -1.81. The van der Waals surface area contributed by atoms with Crippen molar-refractivity contribution < 1.29 is 0 Å². The number of benzene rings is 1. The van der Waals surface area contributed by atoms with Gasteiger partial charge < -0.3 is 5.73 Å². The molecule has 2 heterocycles. The molecule has 1 aliphatic rings. The van der Waals surface area contributed by atoms with Crippen molar-refractivity contribution in [2.75, 3.05) is 12.3 Å². The van der Waals surface area contributed by atoms with Crippen molar-refractivity contribution in [2.24, 2.45) is 0 Å². The lowest BCUT2D eigenvalue weighted by atomic mass is 10.00. The third-order valence-corrected chi connectivity index (χ3v) is 3.25. The summed E-state index contributed by atoms with van der Waals surface area (Å²) < 4.78 is 0. The summed E-state index contributed by atoms with van der Waals surface area (Å²) in [6.07, 6.45) is 1.12. The number of nitrogens with zero attached hydrogens (tertiary/aromatic N) is 2. The van der Waals surface area contributed by atoms with Gasteiger partial charge in [-0.05, 0) is 17.5 Å². The summed E-state index contributed by atoms with van der Waals surface area (Å²) in [7, 11) is 0. The number of rotatable bonds is 2. The maximum absolute atomic E-state index is 5.60. The van der Waals surface area contributed by atoms with Gasteiger partial charge in [0.05, 0.1) is 5.69 Å². The first-order valence-electron chi connectivity index (χ1n) is 5.90. The van der Waals surface area contributed by atoms with Crippen LogP contribution < -0.4 is 5.73 Å². The minimum Gasteiger partial charge on any atom is -0.382 e. The fraction of sp³-hybridized carbons (Fsp3) is 0.308. The Labute approximate surface area is 100 Å². The van der Waals surface area contributed by atoms with Crippen molar-refractivity contribution >= 4 is 5.82 Å². The molecule has 3 rings (SSSR count). The van der Waals surface area contributed by atoms with Gasteiger partial charge in [-0.15, -0.1) is 0 Å². The van der Waals surface area contributed by atoms with Gasteiger partial charge in [0.1, 0.15) is 5.82 Å². The van der Waals surface area contributed by atoms with Crippen LogP contribution in [0.5, 0.6) is 0 Å². The van der Waals surface area contributed by atoms with Crippen LogP contribution in [-0.2, 0) is 19.5 Å². The fourth-order valence-electron chi connectivity index (χ4n) is 2.39. The number of nitrogens with one attached hydrogen (secondary N) is 1. The molecule has 0 amide bonds. The van der Waals surface area contributed by atoms with E-state index in [9.17, 15) is 0 Å². The maximum Gasteiger partial charge on any atom is 0.145 e. The maximum atomic E-state index is 5.60. The molecule has 4 heteroatoms. The molecular weight excluding hydrogens is 212 g/mol. The normalized spacial score (nSPS) is 15.8. The van der Waals surface area contributed by atoms with Gasteiger partial charge in [0, 0.05) is 25.7 Å². The zero-order chi connectivity index (χ0) is 11.7. The van der Waals surface area contributed by atoms with Crippen LogP contribution in [0.2, 0.25) is 0 Å². The van der Waals surface area contributed by atoms with Crippen molar-refractivity contribution in [1.82, 2.24) is 15.1 Å². The lowest BCUT2D eigenvalue weighted by molar-refractivity contribution is 0.242. The number of aromatic nitrogens is 2. The molecule has 0 fully saturated rings. The van der Waals surface area contributed by atoms with Crippen molar-refractivity contribution in [3.63, 3.8) is 0 Å². The molecule has 0 saturated carbocycles. The molecule has 2 aromatic rings. The van der Waals surface area contributed by atoms with Crippen LogP contribution >= 0.6 is 0 Å². The molecule has 1 aromatic carbocycles. The molecule has 3 N–H and O–H groups in total. The van der Waals surface area contributed by atoms with E-state index in [4.69, 9.17) is 5.73 Å². The topological polar surface area (TPSA) is 57.9 Å². The minimum absolute atomic E-state index is 0.567. The van der Waals surface area contributed by atoms with Gasteiger partial charge in [0.2, 0.25) is 0 Å². The van der Waals surface area contributed by atoms with Gasteiger partial charge in [-0.3, -0.25) is 10.00 Å². The van der Waals surface area contributed by atoms with E-state index in [0.717, 1.165) is 31.7 Å². The quantitative estimate of drug-likeness (QED) is 0.820. The van der Waals surface area contributed by atoms with E-state index in [0.29, 0.717) is 5.82 Å². The Balaban J connectivity index is 1.72. The van der Waals surface area contributed by atoms with E-state index < -0.39 is 0 Å². The Morgan fingerprint density at radius 1 is 1.29 bits per heavy atom. The van der Waals surface area contributed by atoms with Crippen LogP contribution in [-0.4, -0.2) is 21.6 Å². The lowest BCUT2D eigenvalue weighted by Crippen LogP contribution is -2.30. The highest BCUT2D eigenvalue weighted by Gasteiger charge is 2.16. The first-order valence-corrected chi connectivity index (χ1v) is 5.90. The van der Waals surface area contributed by atoms with E-state index in [1.54, 1.807) is 0 Å². The summed E-state index contributed by atoms with van der Waals surface area (Å²) in [6.45, 7) is 2.99. The average molecular weight is 228 g/mol. The Morgan fingerprint density at radius 2 is 2.12 bits per heavy atom. The summed E-state index contributed by atoms with van der Waals surface area (Å²) in [4.78, 5) is 2.41. The number of nitrogens with two attached hydrogens (primary N) is 1. The first-order chi connectivity index (χ1) is 8.31. The number of H-pyrrole nitrogens is 1. The molecule has 0 saturated heterocycles. The molecule has 0 aliphatic carbocycles. The van der Waals surface area contributed by atoms with Crippen LogP contribution in [0.3, 0.4) is 0 Å². The van der Waals surface area contributed by atoms with E-state index in [2.05, 4.69) is 39.4 Å². The van der Waals surface area contributed by atoms with Gasteiger partial charge in [0.15, 0.2) is 0 Å². The second-order valence-electron chi connectivity index (χ2n) is 4.55. The highest BCUT2D eigenvalue weighted by atomic mass is 15.2. The summed E-state index contributed by atoms with van der Waals surface area (Å²) in [5, 5.41) is 6.91. The van der Waals surface area contributed by atoms with Gasteiger partial charge in [-0.1, -0.05) is 24.3 Å². The van der Waals surface area contributed by atoms with Crippen LogP contribution in [0.4, 0.5) is 5.82 Å². The lowest BCUT2D eigenvalue weighted by Gasteiger charge is -2.28. The number of fused-ring (bicyclic) bond motifs is 1. The molecule has 88 valence electrons. The Kier molecular flexibility index (Phi) is 2.57. The Morgan fingerprint density at radius 3 is 2.88 bits per heavy atom. The standard InChI is InChI=1S/C13H16N4/c14-13-7-12(15-16-13)9-17-6-5-10-3-1-2-4-11(10)8-17/h1-4,7H,5-6,8-9H2,(H3,14,15,16). The fourth-order valence-corrected chi connectivity index (χ4v) is 2.39. The zero-order valence-electron chi connectivity index (χ0n) is 9.69. The molecule has 0 radical (unpaired) electrons. The molecule has 4 nitrogen and oxygen atoms in total. The predicted octanol–water partition coefficient (Wildman–Crippen LogP) is 1.55. The van der Waals surface area contributed by atoms with E-state index in [-0.39, 0.29) is 0 Å². The van der Waals surface area contributed by atoms with Gasteiger partial charge in [-0.2, -0.15) is 5.10 Å². The van der Waals surface area contributed by atoms with Crippen LogP contribution in [0.25, 0.3) is 0 Å². The number of hydrogen-bond donors (Lipinski definition) is 2. The third kappa shape index (κ3) is 2.17. The van der Waals surface area contributed by atoms with Crippen LogP contribution in [0, 0.1) is 0 Å². The number of anilines is 1. The van der Waals surface area contributed by atoms with Crippen molar-refractivity contribution in [1.29, 1.82) is 0 Å². The largest absolute Gasteiger partial charge is 0.382 e. The predicted molar refractivity (Wildman–Crippen MR) is 67.3 cm³/mol. The Bertz CT molecular complexity index is 518. The van der Waals surface area contributed by atoms with E-state index in [1.165, 1.54) is 11.1 Å². The first kappa shape index (κ1) is 10.4. The number of aromatic amines is 1. The molecule has 0 bridgehead atoms. The second-order valence-corrected chi connectivity index (χ2v) is 4.55.